The molecule has 0 fully saturated rings. The third-order valence-electron chi connectivity index (χ3n) is 2.61. The molecule has 0 aliphatic heterocycles. The van der Waals surface area contributed by atoms with Crippen LogP contribution in [0.2, 0.25) is 0 Å². The Hall–Kier alpha value is -1.58. The number of hydrogen-bond acceptors (Lipinski definition) is 3. The van der Waals surface area contributed by atoms with Crippen molar-refractivity contribution in [1.29, 1.82) is 0 Å². The maximum absolute atomic E-state index is 11.5. The monoisotopic (exact) mass is 235 g/mol. The second-order valence-electron chi connectivity index (χ2n) is 4.19. The molecular formula is C13H21N3O. The molecule has 17 heavy (non-hydrogen) atoms. The van der Waals surface area contributed by atoms with Gasteiger partial charge in [0.1, 0.15) is 0 Å². The predicted octanol–water partition coefficient (Wildman–Crippen LogP) is 2.12. The van der Waals surface area contributed by atoms with Gasteiger partial charge in [-0.3, -0.25) is 9.78 Å². The molecule has 0 spiro atoms. The number of amides is 1. The van der Waals surface area contributed by atoms with Gasteiger partial charge in [-0.25, -0.2) is 0 Å². The fourth-order valence-corrected chi connectivity index (χ4v) is 1.89. The smallest absolute Gasteiger partial charge is 0.250 e. The summed E-state index contributed by atoms with van der Waals surface area (Å²) in [6, 6.07) is 1.76. The highest BCUT2D eigenvalue weighted by molar-refractivity contribution is 5.98. The lowest BCUT2D eigenvalue weighted by Crippen LogP contribution is -2.28. The number of carbonyl (C=O) groups is 1. The molecule has 0 atom stereocenters. The highest BCUT2D eigenvalue weighted by Gasteiger charge is 2.14. The van der Waals surface area contributed by atoms with Crippen molar-refractivity contribution in [2.24, 2.45) is 5.73 Å². The SMILES string of the molecule is CCCN(CCC)c1cnc(C)cc1C(N)=O. The average molecular weight is 235 g/mol. The molecule has 0 aliphatic carbocycles. The first-order chi connectivity index (χ1) is 8.10. The average Bonchev–Trinajstić information content (AvgIpc) is 2.28. The molecule has 0 unspecified atom stereocenters. The third kappa shape index (κ3) is 3.44. The number of nitrogens with two attached hydrogens (primary N) is 1. The predicted molar refractivity (Wildman–Crippen MR) is 70.3 cm³/mol. The Labute approximate surface area is 103 Å². The van der Waals surface area contributed by atoms with Crippen molar-refractivity contribution in [2.75, 3.05) is 18.0 Å². The normalized spacial score (nSPS) is 10.3. The summed E-state index contributed by atoms with van der Waals surface area (Å²) in [5, 5.41) is 0. The fraction of sp³-hybridized carbons (Fsp3) is 0.538. The van der Waals surface area contributed by atoms with E-state index in [2.05, 4.69) is 23.7 Å². The van der Waals surface area contributed by atoms with Gasteiger partial charge >= 0.3 is 0 Å². The van der Waals surface area contributed by atoms with Crippen LogP contribution in [0.1, 0.15) is 42.7 Å². The van der Waals surface area contributed by atoms with Crippen LogP contribution in [0.5, 0.6) is 0 Å². The van der Waals surface area contributed by atoms with Crippen LogP contribution in [-0.4, -0.2) is 24.0 Å². The fourth-order valence-electron chi connectivity index (χ4n) is 1.89. The van der Waals surface area contributed by atoms with Gasteiger partial charge in [-0.2, -0.15) is 0 Å². The van der Waals surface area contributed by atoms with Gasteiger partial charge in [0.05, 0.1) is 17.4 Å². The van der Waals surface area contributed by atoms with Crippen LogP contribution in [0, 0.1) is 6.92 Å². The lowest BCUT2D eigenvalue weighted by molar-refractivity contribution is 0.100. The quantitative estimate of drug-likeness (QED) is 0.821. The van der Waals surface area contributed by atoms with Crippen molar-refractivity contribution < 1.29 is 4.79 Å². The Kier molecular flexibility index (Phi) is 4.94. The molecule has 0 saturated heterocycles. The van der Waals surface area contributed by atoms with Gasteiger partial charge in [-0.05, 0) is 25.8 Å². The maximum Gasteiger partial charge on any atom is 0.250 e. The minimum atomic E-state index is -0.386. The largest absolute Gasteiger partial charge is 0.370 e. The van der Waals surface area contributed by atoms with Crippen molar-refractivity contribution in [2.45, 2.75) is 33.6 Å². The van der Waals surface area contributed by atoms with Gasteiger partial charge in [0.25, 0.3) is 5.91 Å². The number of nitrogens with zero attached hydrogens (tertiary/aromatic N) is 2. The molecule has 1 amide bonds. The standard InChI is InChI=1S/C13H21N3O/c1-4-6-16(7-5-2)12-9-15-10(3)8-11(12)13(14)17/h8-9H,4-7H2,1-3H3,(H2,14,17). The Bertz CT molecular complexity index is 384. The molecule has 0 radical (unpaired) electrons. The Morgan fingerprint density at radius 3 is 2.41 bits per heavy atom. The summed E-state index contributed by atoms with van der Waals surface area (Å²) in [4.78, 5) is 17.9. The summed E-state index contributed by atoms with van der Waals surface area (Å²) < 4.78 is 0. The maximum atomic E-state index is 11.5. The van der Waals surface area contributed by atoms with E-state index in [0.29, 0.717) is 5.56 Å². The molecule has 2 N–H and O–H groups in total. The summed E-state index contributed by atoms with van der Waals surface area (Å²) in [5.41, 5.74) is 7.66. The van der Waals surface area contributed by atoms with Crippen LogP contribution >= 0.6 is 0 Å². The minimum absolute atomic E-state index is 0.386. The molecule has 0 aliphatic rings. The first-order valence-electron chi connectivity index (χ1n) is 6.11. The summed E-state index contributed by atoms with van der Waals surface area (Å²) in [7, 11) is 0. The zero-order valence-corrected chi connectivity index (χ0v) is 10.9. The van der Waals surface area contributed by atoms with E-state index in [-0.39, 0.29) is 5.91 Å². The molecule has 1 rings (SSSR count). The van der Waals surface area contributed by atoms with Crippen LogP contribution in [0.3, 0.4) is 0 Å². The molecule has 94 valence electrons. The van der Waals surface area contributed by atoms with Crippen LogP contribution in [0.4, 0.5) is 5.69 Å². The number of aromatic nitrogens is 1. The Morgan fingerprint density at radius 2 is 1.94 bits per heavy atom. The van der Waals surface area contributed by atoms with Gasteiger partial charge in [0.2, 0.25) is 0 Å². The van der Waals surface area contributed by atoms with E-state index in [0.717, 1.165) is 37.3 Å². The van der Waals surface area contributed by atoms with Crippen LogP contribution in [0.15, 0.2) is 12.3 Å². The topological polar surface area (TPSA) is 59.2 Å². The van der Waals surface area contributed by atoms with E-state index in [1.54, 1.807) is 12.3 Å². The second kappa shape index (κ2) is 6.23. The number of carbonyl (C=O) groups excluding carboxylic acids is 1. The Morgan fingerprint density at radius 1 is 1.35 bits per heavy atom. The summed E-state index contributed by atoms with van der Waals surface area (Å²) in [5.74, 6) is -0.386. The van der Waals surface area contributed by atoms with Crippen molar-refractivity contribution in [1.82, 2.24) is 4.98 Å². The molecule has 0 saturated carbocycles. The first-order valence-corrected chi connectivity index (χ1v) is 6.11. The lowest BCUT2D eigenvalue weighted by atomic mass is 10.1. The van der Waals surface area contributed by atoms with E-state index in [1.165, 1.54) is 0 Å². The minimum Gasteiger partial charge on any atom is -0.370 e. The zero-order chi connectivity index (χ0) is 12.8. The van der Waals surface area contributed by atoms with Crippen molar-refractivity contribution in [3.63, 3.8) is 0 Å². The number of aryl methyl sites for hydroxylation is 1. The molecule has 4 nitrogen and oxygen atoms in total. The van der Waals surface area contributed by atoms with Crippen molar-refractivity contribution >= 4 is 11.6 Å². The summed E-state index contributed by atoms with van der Waals surface area (Å²) in [6.45, 7) is 7.93. The van der Waals surface area contributed by atoms with Gasteiger partial charge in [-0.15, -0.1) is 0 Å². The lowest BCUT2D eigenvalue weighted by Gasteiger charge is -2.25. The van der Waals surface area contributed by atoms with Crippen LogP contribution in [-0.2, 0) is 0 Å². The number of hydrogen-bond donors (Lipinski definition) is 1. The highest BCUT2D eigenvalue weighted by Crippen LogP contribution is 2.20. The zero-order valence-electron chi connectivity index (χ0n) is 10.9. The molecule has 1 aromatic rings. The van der Waals surface area contributed by atoms with E-state index in [1.807, 2.05) is 6.92 Å². The molecule has 1 aromatic heterocycles. The molecule has 1 heterocycles. The first kappa shape index (κ1) is 13.5. The number of pyridine rings is 1. The number of rotatable bonds is 6. The molecule has 0 bridgehead atoms. The van der Waals surface area contributed by atoms with E-state index in [9.17, 15) is 4.79 Å². The molecular weight excluding hydrogens is 214 g/mol. The summed E-state index contributed by atoms with van der Waals surface area (Å²) >= 11 is 0. The van der Waals surface area contributed by atoms with Gasteiger partial charge < -0.3 is 10.6 Å². The Balaban J connectivity index is 3.12. The van der Waals surface area contributed by atoms with E-state index in [4.69, 9.17) is 5.73 Å². The van der Waals surface area contributed by atoms with Crippen LogP contribution in [0.25, 0.3) is 0 Å². The van der Waals surface area contributed by atoms with Gasteiger partial charge in [-0.1, -0.05) is 13.8 Å². The van der Waals surface area contributed by atoms with Gasteiger partial charge in [0, 0.05) is 18.8 Å². The van der Waals surface area contributed by atoms with E-state index < -0.39 is 0 Å². The van der Waals surface area contributed by atoms with Crippen molar-refractivity contribution in [3.05, 3.63) is 23.5 Å². The number of anilines is 1. The second-order valence-corrected chi connectivity index (χ2v) is 4.19. The molecule has 0 aromatic carbocycles. The van der Waals surface area contributed by atoms with Crippen molar-refractivity contribution in [3.8, 4) is 0 Å². The highest BCUT2D eigenvalue weighted by atomic mass is 16.1. The van der Waals surface area contributed by atoms with E-state index >= 15 is 0 Å². The van der Waals surface area contributed by atoms with Gasteiger partial charge in [0.15, 0.2) is 0 Å². The molecule has 4 heteroatoms. The van der Waals surface area contributed by atoms with Crippen LogP contribution < -0.4 is 10.6 Å². The third-order valence-corrected chi connectivity index (χ3v) is 2.61. The number of primary amides is 1. The summed E-state index contributed by atoms with van der Waals surface area (Å²) in [6.07, 6.45) is 3.82.